The van der Waals surface area contributed by atoms with E-state index in [9.17, 15) is 14.4 Å². The van der Waals surface area contributed by atoms with Crippen LogP contribution in [0.5, 0.6) is 0 Å². The van der Waals surface area contributed by atoms with Crippen LogP contribution in [0.4, 0.5) is 5.69 Å². The smallest absolute Gasteiger partial charge is 0.239 e. The molecule has 1 fully saturated rings. The lowest BCUT2D eigenvalue weighted by molar-refractivity contribution is -0.132. The molecule has 0 aliphatic carbocycles. The molecule has 1 aliphatic rings. The van der Waals surface area contributed by atoms with Crippen LogP contribution in [-0.2, 0) is 14.4 Å². The number of rotatable bonds is 6. The minimum absolute atomic E-state index is 0.114. The van der Waals surface area contributed by atoms with Crippen molar-refractivity contribution in [3.8, 4) is 0 Å². The molecule has 3 amide bonds. The molecule has 7 heteroatoms. The van der Waals surface area contributed by atoms with Crippen molar-refractivity contribution in [3.05, 3.63) is 64.6 Å². The van der Waals surface area contributed by atoms with Crippen LogP contribution in [0.15, 0.2) is 59.1 Å². The van der Waals surface area contributed by atoms with E-state index in [2.05, 4.69) is 26.6 Å². The van der Waals surface area contributed by atoms with Gasteiger partial charge in [-0.1, -0.05) is 52.3 Å². The van der Waals surface area contributed by atoms with E-state index in [1.807, 2.05) is 54.6 Å². The highest BCUT2D eigenvalue weighted by atomic mass is 79.9. The number of hydrogen-bond acceptors (Lipinski definition) is 3. The van der Waals surface area contributed by atoms with E-state index in [4.69, 9.17) is 0 Å². The summed E-state index contributed by atoms with van der Waals surface area (Å²) in [5.41, 5.74) is 1.59. The van der Waals surface area contributed by atoms with Crippen LogP contribution in [-0.4, -0.2) is 31.3 Å². The molecule has 0 aromatic heterocycles. The van der Waals surface area contributed by atoms with E-state index >= 15 is 0 Å². The maximum atomic E-state index is 12.9. The molecule has 1 aliphatic heterocycles. The molecule has 28 heavy (non-hydrogen) atoms. The third-order valence-corrected chi connectivity index (χ3v) is 5.32. The SMILES string of the molecule is CNC(=O)CC(NC(=O)C1CCN(c2cccc(Br)c2)C1=O)c1ccccc1. The van der Waals surface area contributed by atoms with Crippen molar-refractivity contribution in [2.75, 3.05) is 18.5 Å². The van der Waals surface area contributed by atoms with E-state index in [-0.39, 0.29) is 24.1 Å². The molecule has 2 atom stereocenters. The Morgan fingerprint density at radius 2 is 1.93 bits per heavy atom. The van der Waals surface area contributed by atoms with Crippen LogP contribution >= 0.6 is 15.9 Å². The Morgan fingerprint density at radius 3 is 2.61 bits per heavy atom. The van der Waals surface area contributed by atoms with Gasteiger partial charge in [-0.05, 0) is 30.2 Å². The molecule has 0 saturated carbocycles. The van der Waals surface area contributed by atoms with Crippen molar-refractivity contribution in [2.45, 2.75) is 18.9 Å². The highest BCUT2D eigenvalue weighted by Gasteiger charge is 2.38. The molecule has 2 unspecified atom stereocenters. The number of amides is 3. The summed E-state index contributed by atoms with van der Waals surface area (Å²) >= 11 is 3.41. The van der Waals surface area contributed by atoms with Gasteiger partial charge in [-0.25, -0.2) is 0 Å². The Balaban J connectivity index is 1.73. The molecule has 146 valence electrons. The number of nitrogens with one attached hydrogen (secondary N) is 2. The quantitative estimate of drug-likeness (QED) is 0.673. The third-order valence-electron chi connectivity index (χ3n) is 4.83. The molecule has 3 rings (SSSR count). The average Bonchev–Trinajstić information content (AvgIpc) is 3.09. The molecule has 1 heterocycles. The molecule has 2 aromatic rings. The lowest BCUT2D eigenvalue weighted by Crippen LogP contribution is -2.40. The fourth-order valence-corrected chi connectivity index (χ4v) is 3.71. The normalized spacial score (nSPS) is 17.3. The first-order chi connectivity index (χ1) is 13.5. The Bertz CT molecular complexity index is 872. The van der Waals surface area contributed by atoms with Crippen molar-refractivity contribution in [1.29, 1.82) is 0 Å². The van der Waals surface area contributed by atoms with Gasteiger partial charge < -0.3 is 15.5 Å². The summed E-state index contributed by atoms with van der Waals surface area (Å²) in [6.07, 6.45) is 0.557. The number of carbonyl (C=O) groups is 3. The summed E-state index contributed by atoms with van der Waals surface area (Å²) < 4.78 is 0.875. The van der Waals surface area contributed by atoms with Gasteiger partial charge in [0.05, 0.1) is 12.5 Å². The second-order valence-corrected chi connectivity index (χ2v) is 7.58. The number of carbonyl (C=O) groups excluding carboxylic acids is 3. The standard InChI is InChI=1S/C21H22BrN3O3/c1-23-19(26)13-18(14-6-3-2-4-7-14)24-20(27)17-10-11-25(21(17)28)16-9-5-8-15(22)12-16/h2-9,12,17-18H,10-11,13H2,1H3,(H,23,26)(H,24,27). The molecule has 2 N–H and O–H groups in total. The first-order valence-electron chi connectivity index (χ1n) is 9.12. The Kier molecular flexibility index (Phi) is 6.46. The molecule has 6 nitrogen and oxygen atoms in total. The molecule has 2 aromatic carbocycles. The summed E-state index contributed by atoms with van der Waals surface area (Å²) in [7, 11) is 1.56. The molecule has 1 saturated heterocycles. The zero-order chi connectivity index (χ0) is 20.1. The van der Waals surface area contributed by atoms with Crippen molar-refractivity contribution in [3.63, 3.8) is 0 Å². The maximum absolute atomic E-state index is 12.9. The van der Waals surface area contributed by atoms with Gasteiger partial charge in [0.1, 0.15) is 5.92 Å². The first-order valence-corrected chi connectivity index (χ1v) is 9.91. The van der Waals surface area contributed by atoms with Crippen LogP contribution in [0.25, 0.3) is 0 Å². The fourth-order valence-electron chi connectivity index (χ4n) is 3.32. The topological polar surface area (TPSA) is 78.5 Å². The summed E-state index contributed by atoms with van der Waals surface area (Å²) in [6.45, 7) is 0.485. The second kappa shape index (κ2) is 9.01. The summed E-state index contributed by atoms with van der Waals surface area (Å²) in [5, 5.41) is 5.48. The van der Waals surface area contributed by atoms with E-state index in [1.54, 1.807) is 11.9 Å². The summed E-state index contributed by atoms with van der Waals surface area (Å²) in [6, 6.07) is 16.3. The largest absolute Gasteiger partial charge is 0.359 e. The van der Waals surface area contributed by atoms with Crippen LogP contribution in [0.1, 0.15) is 24.4 Å². The fraction of sp³-hybridized carbons (Fsp3) is 0.286. The van der Waals surface area contributed by atoms with Gasteiger partial charge >= 0.3 is 0 Å². The zero-order valence-corrected chi connectivity index (χ0v) is 17.1. The van der Waals surface area contributed by atoms with E-state index in [1.165, 1.54) is 0 Å². The number of benzene rings is 2. The number of nitrogens with zero attached hydrogens (tertiary/aromatic N) is 1. The highest BCUT2D eigenvalue weighted by molar-refractivity contribution is 9.10. The predicted octanol–water partition coefficient (Wildman–Crippen LogP) is 2.80. The average molecular weight is 444 g/mol. The monoisotopic (exact) mass is 443 g/mol. The zero-order valence-electron chi connectivity index (χ0n) is 15.5. The van der Waals surface area contributed by atoms with E-state index in [0.717, 1.165) is 15.7 Å². The van der Waals surface area contributed by atoms with Crippen molar-refractivity contribution in [2.24, 2.45) is 5.92 Å². The minimum Gasteiger partial charge on any atom is -0.359 e. The number of hydrogen-bond donors (Lipinski definition) is 2. The lowest BCUT2D eigenvalue weighted by Gasteiger charge is -2.21. The molecule has 0 bridgehead atoms. The molecule has 0 radical (unpaired) electrons. The van der Waals surface area contributed by atoms with Crippen LogP contribution in [0.3, 0.4) is 0 Å². The van der Waals surface area contributed by atoms with E-state index in [0.29, 0.717) is 13.0 Å². The van der Waals surface area contributed by atoms with Crippen LogP contribution < -0.4 is 15.5 Å². The van der Waals surface area contributed by atoms with Gasteiger partial charge in [-0.2, -0.15) is 0 Å². The van der Waals surface area contributed by atoms with Crippen molar-refractivity contribution >= 4 is 39.3 Å². The van der Waals surface area contributed by atoms with Gasteiger partial charge in [0.15, 0.2) is 0 Å². The molecular weight excluding hydrogens is 422 g/mol. The van der Waals surface area contributed by atoms with Crippen LogP contribution in [0.2, 0.25) is 0 Å². The second-order valence-electron chi connectivity index (χ2n) is 6.66. The Hall–Kier alpha value is -2.67. The van der Waals surface area contributed by atoms with Gasteiger partial charge in [0.25, 0.3) is 0 Å². The summed E-state index contributed by atoms with van der Waals surface area (Å²) in [4.78, 5) is 39.2. The van der Waals surface area contributed by atoms with Crippen LogP contribution in [0, 0.1) is 5.92 Å². The third kappa shape index (κ3) is 4.59. The first kappa shape index (κ1) is 20.1. The van der Waals surface area contributed by atoms with Crippen molar-refractivity contribution < 1.29 is 14.4 Å². The predicted molar refractivity (Wildman–Crippen MR) is 111 cm³/mol. The number of halogens is 1. The number of anilines is 1. The van der Waals surface area contributed by atoms with Gasteiger partial charge in [0, 0.05) is 23.8 Å². The maximum Gasteiger partial charge on any atom is 0.239 e. The van der Waals surface area contributed by atoms with Crippen molar-refractivity contribution in [1.82, 2.24) is 10.6 Å². The Labute approximate surface area is 172 Å². The van der Waals surface area contributed by atoms with Gasteiger partial charge in [-0.3, -0.25) is 14.4 Å². The Morgan fingerprint density at radius 1 is 1.18 bits per heavy atom. The molecular formula is C21H22BrN3O3. The lowest BCUT2D eigenvalue weighted by atomic mass is 10.0. The summed E-state index contributed by atoms with van der Waals surface area (Å²) in [5.74, 6) is -1.50. The highest BCUT2D eigenvalue weighted by Crippen LogP contribution is 2.28. The minimum atomic E-state index is -0.755. The van der Waals surface area contributed by atoms with Gasteiger partial charge in [-0.15, -0.1) is 0 Å². The van der Waals surface area contributed by atoms with Gasteiger partial charge in [0.2, 0.25) is 17.7 Å². The molecule has 0 spiro atoms. The van der Waals surface area contributed by atoms with E-state index < -0.39 is 12.0 Å².